The Morgan fingerprint density at radius 1 is 0.842 bits per heavy atom. The summed E-state index contributed by atoms with van der Waals surface area (Å²) in [6.45, 7) is 8.70. The number of hydrogen-bond acceptors (Lipinski definition) is 2. The highest BCUT2D eigenvalue weighted by atomic mass is 14.9. The third-order valence-corrected chi connectivity index (χ3v) is 3.45. The summed E-state index contributed by atoms with van der Waals surface area (Å²) in [7, 11) is 0. The van der Waals surface area contributed by atoms with Crippen LogP contribution in [-0.4, -0.2) is 4.98 Å². The number of hydrogen-bond donors (Lipinski definition) is 1. The van der Waals surface area contributed by atoms with Crippen LogP contribution in [-0.2, 0) is 0 Å². The van der Waals surface area contributed by atoms with Crippen LogP contribution in [0, 0.1) is 13.8 Å². The summed E-state index contributed by atoms with van der Waals surface area (Å²) in [5.74, 6) is 0. The Morgan fingerprint density at radius 2 is 1.37 bits per heavy atom. The molecule has 0 radical (unpaired) electrons. The summed E-state index contributed by atoms with van der Waals surface area (Å²) in [4.78, 5) is 4.06. The van der Waals surface area contributed by atoms with Crippen LogP contribution in [0.15, 0.2) is 42.7 Å². The lowest BCUT2D eigenvalue weighted by molar-refractivity contribution is 0.494. The average Bonchev–Trinajstić information content (AvgIpc) is 2.38. The first kappa shape index (κ1) is 13.8. The highest BCUT2D eigenvalue weighted by molar-refractivity contribution is 5.30. The van der Waals surface area contributed by atoms with Gasteiger partial charge in [-0.2, -0.15) is 0 Å². The zero-order chi connectivity index (χ0) is 13.8. The van der Waals surface area contributed by atoms with Crippen LogP contribution < -0.4 is 5.32 Å². The predicted octanol–water partition coefficient (Wildman–Crippen LogP) is 4.11. The molecule has 1 unspecified atom stereocenters. The van der Waals surface area contributed by atoms with E-state index in [2.05, 4.69) is 68.3 Å². The van der Waals surface area contributed by atoms with Crippen molar-refractivity contribution in [1.29, 1.82) is 0 Å². The standard InChI is InChI=1S/C17H22N2/c1-12-9-13(2)11-17(10-12)15(4)19-14(3)16-5-7-18-8-6-16/h5-11,14-15,19H,1-4H3/t14-,15?/m1/s1. The van der Waals surface area contributed by atoms with Crippen LogP contribution in [0.1, 0.15) is 48.2 Å². The van der Waals surface area contributed by atoms with Gasteiger partial charge < -0.3 is 5.32 Å². The van der Waals surface area contributed by atoms with E-state index in [-0.39, 0.29) is 0 Å². The van der Waals surface area contributed by atoms with E-state index in [1.807, 2.05) is 12.4 Å². The zero-order valence-electron chi connectivity index (χ0n) is 12.1. The molecule has 2 nitrogen and oxygen atoms in total. The minimum absolute atomic E-state index is 0.318. The molecule has 1 aromatic carbocycles. The molecule has 1 heterocycles. The van der Waals surface area contributed by atoms with E-state index in [1.165, 1.54) is 22.3 Å². The minimum atomic E-state index is 0.318. The summed E-state index contributed by atoms with van der Waals surface area (Å²) in [6, 6.07) is 11.5. The fourth-order valence-electron chi connectivity index (χ4n) is 2.48. The van der Waals surface area contributed by atoms with Gasteiger partial charge in [0, 0.05) is 24.5 Å². The highest BCUT2D eigenvalue weighted by Gasteiger charge is 2.11. The average molecular weight is 254 g/mol. The third kappa shape index (κ3) is 3.65. The smallest absolute Gasteiger partial charge is 0.0298 e. The first-order valence-electron chi connectivity index (χ1n) is 6.80. The van der Waals surface area contributed by atoms with Gasteiger partial charge in [0.15, 0.2) is 0 Å². The summed E-state index contributed by atoms with van der Waals surface area (Å²) in [5, 5.41) is 3.64. The van der Waals surface area contributed by atoms with Crippen LogP contribution in [0.25, 0.3) is 0 Å². The summed E-state index contributed by atoms with van der Waals surface area (Å²) < 4.78 is 0. The molecule has 0 aliphatic heterocycles. The second-order valence-corrected chi connectivity index (χ2v) is 5.31. The van der Waals surface area contributed by atoms with Crippen LogP contribution >= 0.6 is 0 Å². The molecular weight excluding hydrogens is 232 g/mol. The fourth-order valence-corrected chi connectivity index (χ4v) is 2.48. The minimum Gasteiger partial charge on any atom is -0.304 e. The van der Waals surface area contributed by atoms with E-state index >= 15 is 0 Å². The van der Waals surface area contributed by atoms with E-state index in [4.69, 9.17) is 0 Å². The van der Waals surface area contributed by atoms with Crippen molar-refractivity contribution in [3.05, 3.63) is 65.0 Å². The molecule has 0 aliphatic rings. The Labute approximate surface area is 115 Å². The van der Waals surface area contributed by atoms with E-state index in [0.29, 0.717) is 12.1 Å². The van der Waals surface area contributed by atoms with Gasteiger partial charge in [-0.25, -0.2) is 0 Å². The van der Waals surface area contributed by atoms with Crippen LogP contribution in [0.5, 0.6) is 0 Å². The number of rotatable bonds is 4. The monoisotopic (exact) mass is 254 g/mol. The molecule has 0 bridgehead atoms. The quantitative estimate of drug-likeness (QED) is 0.888. The molecule has 19 heavy (non-hydrogen) atoms. The molecule has 0 fully saturated rings. The van der Waals surface area contributed by atoms with Gasteiger partial charge in [0.25, 0.3) is 0 Å². The maximum atomic E-state index is 4.06. The first-order valence-corrected chi connectivity index (χ1v) is 6.80. The molecule has 1 N–H and O–H groups in total. The van der Waals surface area contributed by atoms with Crippen molar-refractivity contribution in [2.45, 2.75) is 39.8 Å². The molecule has 2 aromatic rings. The molecule has 2 heteroatoms. The Bertz CT molecular complexity index is 514. The predicted molar refractivity (Wildman–Crippen MR) is 80.1 cm³/mol. The van der Waals surface area contributed by atoms with Crippen LogP contribution in [0.3, 0.4) is 0 Å². The van der Waals surface area contributed by atoms with Gasteiger partial charge in [0.05, 0.1) is 0 Å². The van der Waals surface area contributed by atoms with E-state index < -0.39 is 0 Å². The summed E-state index contributed by atoms with van der Waals surface area (Å²) in [5.41, 5.74) is 5.25. The number of nitrogens with zero attached hydrogens (tertiary/aromatic N) is 1. The number of aromatic nitrogens is 1. The van der Waals surface area contributed by atoms with Crippen molar-refractivity contribution < 1.29 is 0 Å². The topological polar surface area (TPSA) is 24.9 Å². The van der Waals surface area contributed by atoms with Crippen molar-refractivity contribution in [3.63, 3.8) is 0 Å². The molecule has 100 valence electrons. The van der Waals surface area contributed by atoms with Gasteiger partial charge in [-0.3, -0.25) is 4.98 Å². The van der Waals surface area contributed by atoms with Gasteiger partial charge in [-0.1, -0.05) is 29.3 Å². The Morgan fingerprint density at radius 3 is 1.95 bits per heavy atom. The summed E-state index contributed by atoms with van der Waals surface area (Å²) >= 11 is 0. The van der Waals surface area contributed by atoms with Crippen molar-refractivity contribution in [2.75, 3.05) is 0 Å². The first-order chi connectivity index (χ1) is 9.06. The normalized spacial score (nSPS) is 14.1. The number of aryl methyl sites for hydroxylation is 2. The van der Waals surface area contributed by atoms with Gasteiger partial charge >= 0.3 is 0 Å². The maximum Gasteiger partial charge on any atom is 0.0298 e. The third-order valence-electron chi connectivity index (χ3n) is 3.45. The van der Waals surface area contributed by atoms with Crippen molar-refractivity contribution in [2.24, 2.45) is 0 Å². The molecule has 0 saturated carbocycles. The van der Waals surface area contributed by atoms with Gasteiger partial charge in [-0.05, 0) is 51.0 Å². The highest BCUT2D eigenvalue weighted by Crippen LogP contribution is 2.20. The Balaban J connectivity index is 2.10. The maximum absolute atomic E-state index is 4.06. The Kier molecular flexibility index (Phi) is 4.33. The Hall–Kier alpha value is -1.67. The molecular formula is C17H22N2. The van der Waals surface area contributed by atoms with Gasteiger partial charge in [-0.15, -0.1) is 0 Å². The molecule has 2 rings (SSSR count). The number of nitrogens with one attached hydrogen (secondary N) is 1. The van der Waals surface area contributed by atoms with Crippen molar-refractivity contribution in [3.8, 4) is 0 Å². The number of benzene rings is 1. The molecule has 1 aromatic heterocycles. The number of pyridine rings is 1. The van der Waals surface area contributed by atoms with Crippen molar-refractivity contribution in [1.82, 2.24) is 10.3 Å². The molecule has 0 aliphatic carbocycles. The van der Waals surface area contributed by atoms with E-state index in [1.54, 1.807) is 0 Å². The van der Waals surface area contributed by atoms with E-state index in [0.717, 1.165) is 0 Å². The zero-order valence-corrected chi connectivity index (χ0v) is 12.1. The second-order valence-electron chi connectivity index (χ2n) is 5.31. The lowest BCUT2D eigenvalue weighted by Crippen LogP contribution is -2.22. The van der Waals surface area contributed by atoms with Gasteiger partial charge in [0.1, 0.15) is 0 Å². The van der Waals surface area contributed by atoms with E-state index in [9.17, 15) is 0 Å². The largest absolute Gasteiger partial charge is 0.304 e. The van der Waals surface area contributed by atoms with Crippen molar-refractivity contribution >= 4 is 0 Å². The molecule has 2 atom stereocenters. The second kappa shape index (κ2) is 5.98. The fraction of sp³-hybridized carbons (Fsp3) is 0.353. The molecule has 0 saturated heterocycles. The SMILES string of the molecule is Cc1cc(C)cc(C(C)N[C@H](C)c2ccncc2)c1. The lowest BCUT2D eigenvalue weighted by Gasteiger charge is -2.21. The van der Waals surface area contributed by atoms with Gasteiger partial charge in [0.2, 0.25) is 0 Å². The molecule has 0 amide bonds. The van der Waals surface area contributed by atoms with Crippen LogP contribution in [0.4, 0.5) is 0 Å². The van der Waals surface area contributed by atoms with Crippen LogP contribution in [0.2, 0.25) is 0 Å². The molecule has 0 spiro atoms. The lowest BCUT2D eigenvalue weighted by atomic mass is 10.0. The summed E-state index contributed by atoms with van der Waals surface area (Å²) in [6.07, 6.45) is 3.68.